The van der Waals surface area contributed by atoms with Gasteiger partial charge in [-0.25, -0.2) is 9.78 Å². The summed E-state index contributed by atoms with van der Waals surface area (Å²) >= 11 is 1.24. The zero-order valence-electron chi connectivity index (χ0n) is 17.2. The van der Waals surface area contributed by atoms with Gasteiger partial charge in [0.25, 0.3) is 0 Å². The average molecular weight is 474 g/mol. The molecule has 0 aliphatic rings. The van der Waals surface area contributed by atoms with Crippen molar-refractivity contribution in [2.24, 2.45) is 0 Å². The first kappa shape index (κ1) is 22.5. The number of aromatic carboxylic acids is 1. The number of nitrogens with zero attached hydrogens (tertiary/aromatic N) is 4. The highest BCUT2D eigenvalue weighted by Crippen LogP contribution is 2.37. The summed E-state index contributed by atoms with van der Waals surface area (Å²) in [5.74, 6) is -1.03. The van der Waals surface area contributed by atoms with Gasteiger partial charge in [-0.2, -0.15) is 18.3 Å². The normalized spacial score (nSPS) is 11.5. The summed E-state index contributed by atoms with van der Waals surface area (Å²) in [6.45, 7) is 2.06. The lowest BCUT2D eigenvalue weighted by molar-refractivity contribution is -0.137. The van der Waals surface area contributed by atoms with Gasteiger partial charge in [0.05, 0.1) is 29.6 Å². The van der Waals surface area contributed by atoms with Crippen molar-refractivity contribution in [3.8, 4) is 16.3 Å². The number of carbonyl (C=O) groups is 1. The number of aromatic nitrogens is 4. The molecule has 0 spiro atoms. The van der Waals surface area contributed by atoms with Crippen molar-refractivity contribution in [3.63, 3.8) is 0 Å². The fourth-order valence-electron chi connectivity index (χ4n) is 3.03. The van der Waals surface area contributed by atoms with E-state index in [0.29, 0.717) is 10.7 Å². The van der Waals surface area contributed by atoms with Crippen molar-refractivity contribution in [3.05, 3.63) is 82.4 Å². The van der Waals surface area contributed by atoms with Gasteiger partial charge in [0.15, 0.2) is 0 Å². The first-order valence-electron chi connectivity index (χ1n) is 9.65. The van der Waals surface area contributed by atoms with Gasteiger partial charge in [0.2, 0.25) is 0 Å². The van der Waals surface area contributed by atoms with Gasteiger partial charge >= 0.3 is 12.1 Å². The molecule has 4 rings (SSSR count). The maximum Gasteiger partial charge on any atom is 0.416 e. The van der Waals surface area contributed by atoms with Gasteiger partial charge in [0.1, 0.15) is 17.4 Å². The van der Waals surface area contributed by atoms with Crippen molar-refractivity contribution in [2.75, 3.05) is 0 Å². The van der Waals surface area contributed by atoms with Gasteiger partial charge in [-0.15, -0.1) is 11.3 Å². The summed E-state index contributed by atoms with van der Waals surface area (Å²) in [7, 11) is 0. The molecule has 0 radical (unpaired) electrons. The number of hydrogen-bond donors (Lipinski definition) is 1. The van der Waals surface area contributed by atoms with Crippen LogP contribution in [0.3, 0.4) is 0 Å². The predicted molar refractivity (Wildman–Crippen MR) is 114 cm³/mol. The minimum atomic E-state index is -4.56. The number of halogens is 3. The SMILES string of the molecule is Cc1sc(-c2cc(OCc3cccnc3)cc(C(F)(F)F)c2)nc1Cn1cc(C(=O)O)cn1. The lowest BCUT2D eigenvalue weighted by atomic mass is 10.1. The largest absolute Gasteiger partial charge is 0.489 e. The first-order valence-corrected chi connectivity index (χ1v) is 10.5. The molecule has 0 atom stereocenters. The molecule has 33 heavy (non-hydrogen) atoms. The fourth-order valence-corrected chi connectivity index (χ4v) is 3.94. The summed E-state index contributed by atoms with van der Waals surface area (Å²) < 4.78 is 47.6. The van der Waals surface area contributed by atoms with E-state index in [1.807, 2.05) is 0 Å². The number of alkyl halides is 3. The Morgan fingerprint density at radius 3 is 2.73 bits per heavy atom. The molecule has 0 amide bonds. The lowest BCUT2D eigenvalue weighted by Crippen LogP contribution is -2.06. The van der Waals surface area contributed by atoms with E-state index in [0.717, 1.165) is 22.6 Å². The molecule has 0 saturated carbocycles. The third-order valence-corrected chi connectivity index (χ3v) is 5.76. The monoisotopic (exact) mass is 474 g/mol. The zero-order valence-corrected chi connectivity index (χ0v) is 18.0. The van der Waals surface area contributed by atoms with Crippen molar-refractivity contribution < 1.29 is 27.8 Å². The van der Waals surface area contributed by atoms with Crippen LogP contribution < -0.4 is 4.74 Å². The number of carboxylic acids is 1. The Labute approximate surface area is 190 Å². The Balaban J connectivity index is 1.63. The Morgan fingerprint density at radius 2 is 2.06 bits per heavy atom. The molecule has 1 N–H and O–H groups in total. The van der Waals surface area contributed by atoms with E-state index in [2.05, 4.69) is 15.1 Å². The van der Waals surface area contributed by atoms with Gasteiger partial charge in [-0.3, -0.25) is 9.67 Å². The number of pyridine rings is 1. The molecule has 0 unspecified atom stereocenters. The second-order valence-corrected chi connectivity index (χ2v) is 8.35. The molecular weight excluding hydrogens is 457 g/mol. The standard InChI is InChI=1S/C22H17F3N4O3S/c1-13-19(11-29-10-16(9-27-29)21(30)31)28-20(33-13)15-5-17(22(23,24)25)7-18(6-15)32-12-14-3-2-4-26-8-14/h2-10H,11-12H2,1H3,(H,30,31). The molecule has 170 valence electrons. The Hall–Kier alpha value is -3.73. The molecule has 7 nitrogen and oxygen atoms in total. The average Bonchev–Trinajstić information content (AvgIpc) is 3.40. The van der Waals surface area contributed by atoms with E-state index in [1.54, 1.807) is 31.5 Å². The molecule has 0 aliphatic carbocycles. The van der Waals surface area contributed by atoms with Crippen LogP contribution in [0.15, 0.2) is 55.1 Å². The van der Waals surface area contributed by atoms with Crippen molar-refractivity contribution >= 4 is 17.3 Å². The molecule has 3 aromatic heterocycles. The molecular formula is C22H17F3N4O3S. The van der Waals surface area contributed by atoms with E-state index < -0.39 is 17.7 Å². The second kappa shape index (κ2) is 9.02. The summed E-state index contributed by atoms with van der Waals surface area (Å²) in [5, 5.41) is 13.4. The van der Waals surface area contributed by atoms with Gasteiger partial charge in [-0.1, -0.05) is 6.07 Å². The van der Waals surface area contributed by atoms with Crippen LogP contribution in [0, 0.1) is 6.92 Å². The smallest absolute Gasteiger partial charge is 0.416 e. The van der Waals surface area contributed by atoms with E-state index in [-0.39, 0.29) is 30.0 Å². The van der Waals surface area contributed by atoms with Crippen LogP contribution in [-0.2, 0) is 19.3 Å². The molecule has 3 heterocycles. The van der Waals surface area contributed by atoms with E-state index in [1.165, 1.54) is 34.5 Å². The number of rotatable bonds is 7. The molecule has 11 heteroatoms. The molecule has 1 aromatic carbocycles. The zero-order chi connectivity index (χ0) is 23.6. The number of carboxylic acid groups (broad SMARTS) is 1. The van der Waals surface area contributed by atoms with Gasteiger partial charge in [0, 0.05) is 34.6 Å². The van der Waals surface area contributed by atoms with Crippen molar-refractivity contribution in [1.29, 1.82) is 0 Å². The van der Waals surface area contributed by atoms with E-state index in [9.17, 15) is 18.0 Å². The number of hydrogen-bond acceptors (Lipinski definition) is 6. The van der Waals surface area contributed by atoms with Gasteiger partial charge in [-0.05, 0) is 31.2 Å². The Bertz CT molecular complexity index is 1290. The summed E-state index contributed by atoms with van der Waals surface area (Å²) in [6, 6.07) is 7.00. The third-order valence-electron chi connectivity index (χ3n) is 4.69. The Morgan fingerprint density at radius 1 is 1.24 bits per heavy atom. The van der Waals surface area contributed by atoms with Crippen LogP contribution in [0.2, 0.25) is 0 Å². The number of ether oxygens (including phenoxy) is 1. The van der Waals surface area contributed by atoms with Crippen LogP contribution in [0.4, 0.5) is 13.2 Å². The lowest BCUT2D eigenvalue weighted by Gasteiger charge is -2.12. The number of aryl methyl sites for hydroxylation is 1. The molecule has 4 aromatic rings. The first-order chi connectivity index (χ1) is 15.7. The van der Waals surface area contributed by atoms with Crippen LogP contribution in [0.1, 0.15) is 32.1 Å². The van der Waals surface area contributed by atoms with Crippen LogP contribution in [0.25, 0.3) is 10.6 Å². The predicted octanol–water partition coefficient (Wildman–Crippen LogP) is 5.05. The minimum absolute atomic E-state index is 0.0383. The van der Waals surface area contributed by atoms with E-state index in [4.69, 9.17) is 9.84 Å². The van der Waals surface area contributed by atoms with Crippen LogP contribution >= 0.6 is 11.3 Å². The summed E-state index contributed by atoms with van der Waals surface area (Å²) in [5.41, 5.74) is 0.788. The van der Waals surface area contributed by atoms with Crippen molar-refractivity contribution in [1.82, 2.24) is 19.7 Å². The molecule has 0 fully saturated rings. The highest BCUT2D eigenvalue weighted by atomic mass is 32.1. The second-order valence-electron chi connectivity index (χ2n) is 7.15. The maximum absolute atomic E-state index is 13.5. The topological polar surface area (TPSA) is 90.1 Å². The minimum Gasteiger partial charge on any atom is -0.489 e. The number of thiazole rings is 1. The quantitative estimate of drug-likeness (QED) is 0.403. The van der Waals surface area contributed by atoms with Gasteiger partial charge < -0.3 is 9.84 Å². The number of benzene rings is 1. The van der Waals surface area contributed by atoms with E-state index >= 15 is 0 Å². The fraction of sp³-hybridized carbons (Fsp3) is 0.182. The summed E-state index contributed by atoms with van der Waals surface area (Å²) in [6.07, 6.45) is 1.22. The van der Waals surface area contributed by atoms with Crippen molar-refractivity contribution in [2.45, 2.75) is 26.3 Å². The molecule has 0 saturated heterocycles. The highest BCUT2D eigenvalue weighted by molar-refractivity contribution is 7.15. The maximum atomic E-state index is 13.5. The highest BCUT2D eigenvalue weighted by Gasteiger charge is 2.32. The van der Waals surface area contributed by atoms with Crippen LogP contribution in [-0.4, -0.2) is 30.8 Å². The molecule has 0 bridgehead atoms. The van der Waals surface area contributed by atoms with Crippen LogP contribution in [0.5, 0.6) is 5.75 Å². The summed E-state index contributed by atoms with van der Waals surface area (Å²) in [4.78, 5) is 20.3. The third kappa shape index (κ3) is 5.37. The Kier molecular flexibility index (Phi) is 6.14. The molecule has 0 aliphatic heterocycles.